The third kappa shape index (κ3) is 7.86. The Morgan fingerprint density at radius 3 is 2.36 bits per heavy atom. The minimum atomic E-state index is -0.911. The van der Waals surface area contributed by atoms with Crippen molar-refractivity contribution < 1.29 is 19.1 Å². The van der Waals surface area contributed by atoms with Crippen molar-refractivity contribution in [2.45, 2.75) is 32.7 Å². The molecule has 7 nitrogen and oxygen atoms in total. The second kappa shape index (κ2) is 13.1. The second-order valence-corrected chi connectivity index (χ2v) is 9.11. The van der Waals surface area contributed by atoms with Crippen LogP contribution in [0.5, 0.6) is 5.75 Å². The topological polar surface area (TPSA) is 89.6 Å². The molecule has 0 spiro atoms. The van der Waals surface area contributed by atoms with Gasteiger partial charge in [0.1, 0.15) is 17.6 Å². The number of carbonyl (C=O) groups excluding carboxylic acids is 2. The Hall–Kier alpha value is -3.29. The molecule has 1 aromatic heterocycles. The van der Waals surface area contributed by atoms with Gasteiger partial charge >= 0.3 is 5.97 Å². The Labute approximate surface area is 221 Å². The molecule has 0 radical (unpaired) electrons. The number of amides is 1. The molecule has 1 heterocycles. The van der Waals surface area contributed by atoms with Crippen molar-refractivity contribution in [3.63, 3.8) is 0 Å². The number of ether oxygens (including phenoxy) is 2. The van der Waals surface area contributed by atoms with Gasteiger partial charge in [0.05, 0.1) is 29.3 Å². The van der Waals surface area contributed by atoms with E-state index in [0.29, 0.717) is 12.4 Å². The summed E-state index contributed by atoms with van der Waals surface area (Å²) in [5.74, 6) is 0.453. The Morgan fingerprint density at radius 1 is 1.03 bits per heavy atom. The fraction of sp³-hybridized carbons (Fsp3) is 0.296. The zero-order chi connectivity index (χ0) is 26.1. The maximum absolute atomic E-state index is 12.7. The lowest BCUT2D eigenvalue weighted by Gasteiger charge is -2.18. The molecule has 3 rings (SSSR count). The van der Waals surface area contributed by atoms with Crippen molar-refractivity contribution in [2.75, 3.05) is 25.6 Å². The number of carbonyl (C=O) groups is 2. The number of aromatic nitrogens is 1. The molecule has 190 valence electrons. The van der Waals surface area contributed by atoms with Crippen LogP contribution in [0, 0.1) is 13.8 Å². The van der Waals surface area contributed by atoms with E-state index in [-0.39, 0.29) is 22.0 Å². The monoisotopic (exact) mass is 529 g/mol. The fourth-order valence-corrected chi connectivity index (χ4v) is 4.22. The van der Waals surface area contributed by atoms with Crippen LogP contribution >= 0.6 is 23.2 Å². The standard InChI is InChI=1S/C27H29Cl2N3O4/c1-17-14-18(2)31-24(15-17)30-12-5-13-36-20-10-8-19(9-11-20)16-23(27(34)35-3)32-26(33)25-21(28)6-4-7-22(25)29/h4,6-11,14-15,23H,5,12-13,16H2,1-3H3,(H,30,31)(H,32,33)/t23-/m0/s1. The van der Waals surface area contributed by atoms with Gasteiger partial charge in [0.2, 0.25) is 0 Å². The van der Waals surface area contributed by atoms with Gasteiger partial charge in [-0.2, -0.15) is 0 Å². The third-order valence-corrected chi connectivity index (χ3v) is 5.97. The van der Waals surface area contributed by atoms with Gasteiger partial charge in [-0.3, -0.25) is 4.79 Å². The van der Waals surface area contributed by atoms with Crippen molar-refractivity contribution in [2.24, 2.45) is 0 Å². The number of anilines is 1. The lowest BCUT2D eigenvalue weighted by atomic mass is 10.0. The summed E-state index contributed by atoms with van der Waals surface area (Å²) in [5, 5.41) is 6.38. The van der Waals surface area contributed by atoms with Crippen LogP contribution in [-0.4, -0.2) is 43.2 Å². The summed E-state index contributed by atoms with van der Waals surface area (Å²) in [5.41, 5.74) is 3.09. The summed E-state index contributed by atoms with van der Waals surface area (Å²) in [6.07, 6.45) is 1.03. The highest BCUT2D eigenvalue weighted by Crippen LogP contribution is 2.24. The molecule has 0 saturated heterocycles. The molecule has 9 heteroatoms. The van der Waals surface area contributed by atoms with E-state index in [2.05, 4.69) is 15.6 Å². The second-order valence-electron chi connectivity index (χ2n) is 8.29. The van der Waals surface area contributed by atoms with Crippen molar-refractivity contribution in [3.05, 3.63) is 87.0 Å². The van der Waals surface area contributed by atoms with E-state index in [9.17, 15) is 9.59 Å². The zero-order valence-corrected chi connectivity index (χ0v) is 21.9. The van der Waals surface area contributed by atoms with Gasteiger partial charge in [-0.1, -0.05) is 41.4 Å². The zero-order valence-electron chi connectivity index (χ0n) is 20.4. The maximum atomic E-state index is 12.7. The largest absolute Gasteiger partial charge is 0.494 e. The van der Waals surface area contributed by atoms with Crippen molar-refractivity contribution in [1.29, 1.82) is 0 Å². The summed E-state index contributed by atoms with van der Waals surface area (Å²) in [4.78, 5) is 29.5. The number of hydrogen-bond acceptors (Lipinski definition) is 6. The predicted molar refractivity (Wildman–Crippen MR) is 142 cm³/mol. The van der Waals surface area contributed by atoms with E-state index in [1.807, 2.05) is 50.2 Å². The molecule has 2 N–H and O–H groups in total. The van der Waals surface area contributed by atoms with E-state index in [4.69, 9.17) is 32.7 Å². The molecular weight excluding hydrogens is 501 g/mol. The summed E-state index contributed by atoms with van der Waals surface area (Å²) >= 11 is 12.2. The number of methoxy groups -OCH3 is 1. The molecule has 0 saturated carbocycles. The van der Waals surface area contributed by atoms with Crippen LogP contribution in [-0.2, 0) is 16.0 Å². The van der Waals surface area contributed by atoms with Crippen molar-refractivity contribution in [3.8, 4) is 5.75 Å². The summed E-state index contributed by atoms with van der Waals surface area (Å²) in [6.45, 7) is 5.30. The molecule has 1 amide bonds. The van der Waals surface area contributed by atoms with Crippen molar-refractivity contribution in [1.82, 2.24) is 10.3 Å². The third-order valence-electron chi connectivity index (χ3n) is 5.34. The Bertz CT molecular complexity index is 1160. The average molecular weight is 530 g/mol. The first-order valence-corrected chi connectivity index (χ1v) is 12.3. The maximum Gasteiger partial charge on any atom is 0.328 e. The van der Waals surface area contributed by atoms with Gasteiger partial charge in [0.15, 0.2) is 0 Å². The molecule has 0 unspecified atom stereocenters. The summed E-state index contributed by atoms with van der Waals surface area (Å²) < 4.78 is 10.7. The first-order valence-electron chi connectivity index (χ1n) is 11.5. The van der Waals surface area contributed by atoms with E-state index in [1.165, 1.54) is 12.7 Å². The number of esters is 1. The number of halogens is 2. The lowest BCUT2D eigenvalue weighted by Crippen LogP contribution is -2.43. The molecule has 0 aliphatic carbocycles. The van der Waals surface area contributed by atoms with Crippen LogP contribution in [0.15, 0.2) is 54.6 Å². The number of aryl methyl sites for hydroxylation is 2. The van der Waals surface area contributed by atoms with Gasteiger partial charge < -0.3 is 20.1 Å². The summed E-state index contributed by atoms with van der Waals surface area (Å²) in [6, 6.07) is 15.2. The Kier molecular flexibility index (Phi) is 9.96. The van der Waals surface area contributed by atoms with Crippen LogP contribution in [0.3, 0.4) is 0 Å². The van der Waals surface area contributed by atoms with Gasteiger partial charge in [0.25, 0.3) is 5.91 Å². The van der Waals surface area contributed by atoms with Crippen molar-refractivity contribution >= 4 is 40.9 Å². The van der Waals surface area contributed by atoms with Crippen LogP contribution in [0.2, 0.25) is 10.0 Å². The highest BCUT2D eigenvalue weighted by Gasteiger charge is 2.25. The highest BCUT2D eigenvalue weighted by atomic mass is 35.5. The van der Waals surface area contributed by atoms with Gasteiger partial charge in [-0.25, -0.2) is 9.78 Å². The molecule has 1 atom stereocenters. The first-order chi connectivity index (χ1) is 17.3. The molecule has 0 fully saturated rings. The van der Waals surface area contributed by atoms with Gasteiger partial charge in [0, 0.05) is 18.7 Å². The quantitative estimate of drug-likeness (QED) is 0.255. The molecule has 0 aliphatic rings. The molecule has 0 aliphatic heterocycles. The molecule has 2 aromatic carbocycles. The fourth-order valence-electron chi connectivity index (χ4n) is 3.65. The van der Waals surface area contributed by atoms with Crippen LogP contribution < -0.4 is 15.4 Å². The van der Waals surface area contributed by atoms with Gasteiger partial charge in [-0.05, 0) is 67.8 Å². The average Bonchev–Trinajstić information content (AvgIpc) is 2.83. The number of pyridine rings is 1. The van der Waals surface area contributed by atoms with Gasteiger partial charge in [-0.15, -0.1) is 0 Å². The number of nitrogens with zero attached hydrogens (tertiary/aromatic N) is 1. The smallest absolute Gasteiger partial charge is 0.328 e. The number of nitrogens with one attached hydrogen (secondary N) is 2. The Balaban J connectivity index is 1.51. The minimum absolute atomic E-state index is 0.112. The molecular formula is C27H29Cl2N3O4. The predicted octanol–water partition coefficient (Wildman–Crippen LogP) is 5.40. The first kappa shape index (κ1) is 27.3. The highest BCUT2D eigenvalue weighted by molar-refractivity contribution is 6.39. The summed E-state index contributed by atoms with van der Waals surface area (Å²) in [7, 11) is 1.27. The molecule has 3 aromatic rings. The number of hydrogen-bond donors (Lipinski definition) is 2. The van der Waals surface area contributed by atoms with Crippen LogP contribution in [0.25, 0.3) is 0 Å². The van der Waals surface area contributed by atoms with Crippen LogP contribution in [0.4, 0.5) is 5.82 Å². The molecule has 0 bridgehead atoms. The lowest BCUT2D eigenvalue weighted by molar-refractivity contribution is -0.142. The van der Waals surface area contributed by atoms with E-state index < -0.39 is 17.9 Å². The SMILES string of the molecule is COC(=O)[C@H](Cc1ccc(OCCCNc2cc(C)cc(C)n2)cc1)NC(=O)c1c(Cl)cccc1Cl. The molecule has 36 heavy (non-hydrogen) atoms. The Morgan fingerprint density at radius 2 is 1.72 bits per heavy atom. The normalized spacial score (nSPS) is 11.5. The van der Waals surface area contributed by atoms with E-state index >= 15 is 0 Å². The number of rotatable bonds is 11. The van der Waals surface area contributed by atoms with E-state index in [1.54, 1.807) is 18.2 Å². The van der Waals surface area contributed by atoms with Crippen LogP contribution in [0.1, 0.15) is 33.6 Å². The van der Waals surface area contributed by atoms with E-state index in [0.717, 1.165) is 30.0 Å². The minimum Gasteiger partial charge on any atom is -0.494 e. The number of benzene rings is 2.